The molecule has 1 N–H and O–H groups in total. The molecule has 0 aromatic carbocycles. The molecule has 0 amide bonds. The van der Waals surface area contributed by atoms with Crippen LogP contribution in [0.4, 0.5) is 0 Å². The van der Waals surface area contributed by atoms with E-state index >= 15 is 0 Å². The molecular formula is C9H16O3. The molecule has 12 heavy (non-hydrogen) atoms. The van der Waals surface area contributed by atoms with E-state index in [9.17, 15) is 4.79 Å². The maximum absolute atomic E-state index is 10.6. The molecule has 3 heteroatoms. The van der Waals surface area contributed by atoms with Gasteiger partial charge >= 0.3 is 5.97 Å². The largest absolute Gasteiger partial charge is 0.481 e. The van der Waals surface area contributed by atoms with Gasteiger partial charge < -0.3 is 9.84 Å². The minimum absolute atomic E-state index is 0.286. The summed E-state index contributed by atoms with van der Waals surface area (Å²) in [5.74, 6) is -0.0708. The average molecular weight is 172 g/mol. The first-order chi connectivity index (χ1) is 5.61. The van der Waals surface area contributed by atoms with Gasteiger partial charge in [-0.3, -0.25) is 4.79 Å². The Labute approximate surface area is 72.7 Å². The van der Waals surface area contributed by atoms with Crippen LogP contribution in [0.25, 0.3) is 0 Å². The Kier molecular flexibility index (Phi) is 3.09. The van der Waals surface area contributed by atoms with E-state index in [2.05, 4.69) is 13.8 Å². The highest BCUT2D eigenvalue weighted by molar-refractivity contribution is 5.70. The van der Waals surface area contributed by atoms with Crippen LogP contribution in [0.2, 0.25) is 0 Å². The molecule has 70 valence electrons. The summed E-state index contributed by atoms with van der Waals surface area (Å²) in [6, 6.07) is 0. The molecule has 0 radical (unpaired) electrons. The van der Waals surface area contributed by atoms with Crippen molar-refractivity contribution in [3.8, 4) is 0 Å². The molecule has 1 aliphatic heterocycles. The third kappa shape index (κ3) is 2.21. The SMILES string of the molecule is CC(C)C1COCC(C(=O)O)C1. The van der Waals surface area contributed by atoms with Gasteiger partial charge in [0, 0.05) is 6.61 Å². The second-order valence-electron chi connectivity index (χ2n) is 3.81. The van der Waals surface area contributed by atoms with Crippen molar-refractivity contribution in [2.45, 2.75) is 20.3 Å². The molecular weight excluding hydrogens is 156 g/mol. The van der Waals surface area contributed by atoms with Crippen LogP contribution in [0.5, 0.6) is 0 Å². The quantitative estimate of drug-likeness (QED) is 0.684. The van der Waals surface area contributed by atoms with Crippen molar-refractivity contribution < 1.29 is 14.6 Å². The Bertz CT molecular complexity index is 165. The fourth-order valence-corrected chi connectivity index (χ4v) is 1.50. The van der Waals surface area contributed by atoms with Gasteiger partial charge in [0.1, 0.15) is 0 Å². The molecule has 1 heterocycles. The third-order valence-corrected chi connectivity index (χ3v) is 2.53. The Hall–Kier alpha value is -0.570. The first-order valence-electron chi connectivity index (χ1n) is 4.41. The topological polar surface area (TPSA) is 46.5 Å². The van der Waals surface area contributed by atoms with Gasteiger partial charge in [-0.15, -0.1) is 0 Å². The number of carbonyl (C=O) groups is 1. The average Bonchev–Trinajstić information content (AvgIpc) is 2.04. The monoisotopic (exact) mass is 172 g/mol. The predicted octanol–water partition coefficient (Wildman–Crippen LogP) is 1.38. The Morgan fingerprint density at radius 2 is 2.17 bits per heavy atom. The van der Waals surface area contributed by atoms with E-state index < -0.39 is 5.97 Å². The van der Waals surface area contributed by atoms with E-state index in [0.717, 1.165) is 13.0 Å². The highest BCUT2D eigenvalue weighted by atomic mass is 16.5. The van der Waals surface area contributed by atoms with Crippen molar-refractivity contribution in [1.29, 1.82) is 0 Å². The van der Waals surface area contributed by atoms with E-state index in [4.69, 9.17) is 9.84 Å². The summed E-state index contributed by atoms with van der Waals surface area (Å²) in [6.45, 7) is 5.33. The van der Waals surface area contributed by atoms with Crippen LogP contribution in [-0.4, -0.2) is 24.3 Å². The first kappa shape index (κ1) is 9.52. The lowest BCUT2D eigenvalue weighted by molar-refractivity contribution is -0.148. The van der Waals surface area contributed by atoms with Crippen LogP contribution < -0.4 is 0 Å². The number of aliphatic carboxylic acids is 1. The maximum atomic E-state index is 10.6. The van der Waals surface area contributed by atoms with Gasteiger partial charge in [-0.1, -0.05) is 13.8 Å². The third-order valence-electron chi connectivity index (χ3n) is 2.53. The van der Waals surface area contributed by atoms with Crippen LogP contribution in [-0.2, 0) is 9.53 Å². The summed E-state index contributed by atoms with van der Waals surface area (Å²) in [5.41, 5.74) is 0. The van der Waals surface area contributed by atoms with E-state index in [0.29, 0.717) is 18.4 Å². The molecule has 0 saturated carbocycles. The minimum Gasteiger partial charge on any atom is -0.481 e. The van der Waals surface area contributed by atoms with Gasteiger partial charge in [0.05, 0.1) is 12.5 Å². The zero-order valence-electron chi connectivity index (χ0n) is 7.62. The van der Waals surface area contributed by atoms with Gasteiger partial charge in [-0.2, -0.15) is 0 Å². The number of carboxylic acid groups (broad SMARTS) is 1. The summed E-state index contributed by atoms with van der Waals surface area (Å²) >= 11 is 0. The van der Waals surface area contributed by atoms with Crippen molar-refractivity contribution in [2.24, 2.45) is 17.8 Å². The molecule has 0 spiro atoms. The van der Waals surface area contributed by atoms with Gasteiger partial charge in [0.2, 0.25) is 0 Å². The number of carboxylic acids is 1. The van der Waals surface area contributed by atoms with Crippen LogP contribution in [0.3, 0.4) is 0 Å². The van der Waals surface area contributed by atoms with Gasteiger partial charge in [-0.25, -0.2) is 0 Å². The zero-order chi connectivity index (χ0) is 9.14. The summed E-state index contributed by atoms with van der Waals surface area (Å²) < 4.78 is 5.24. The second-order valence-corrected chi connectivity index (χ2v) is 3.81. The molecule has 3 nitrogen and oxygen atoms in total. The maximum Gasteiger partial charge on any atom is 0.308 e. The zero-order valence-corrected chi connectivity index (χ0v) is 7.62. The smallest absolute Gasteiger partial charge is 0.308 e. The van der Waals surface area contributed by atoms with E-state index in [1.165, 1.54) is 0 Å². The van der Waals surface area contributed by atoms with Gasteiger partial charge in [0.15, 0.2) is 0 Å². The van der Waals surface area contributed by atoms with Gasteiger partial charge in [0.25, 0.3) is 0 Å². The van der Waals surface area contributed by atoms with Crippen molar-refractivity contribution in [3.05, 3.63) is 0 Å². The van der Waals surface area contributed by atoms with E-state index in [1.54, 1.807) is 0 Å². The highest BCUT2D eigenvalue weighted by Gasteiger charge is 2.28. The minimum atomic E-state index is -0.722. The molecule has 0 bridgehead atoms. The lowest BCUT2D eigenvalue weighted by atomic mass is 9.85. The van der Waals surface area contributed by atoms with Crippen molar-refractivity contribution in [1.82, 2.24) is 0 Å². The fraction of sp³-hybridized carbons (Fsp3) is 0.889. The van der Waals surface area contributed by atoms with Crippen LogP contribution in [0.1, 0.15) is 20.3 Å². The first-order valence-corrected chi connectivity index (χ1v) is 4.41. The molecule has 2 atom stereocenters. The number of hydrogen-bond acceptors (Lipinski definition) is 2. The number of hydrogen-bond donors (Lipinski definition) is 1. The van der Waals surface area contributed by atoms with Crippen molar-refractivity contribution in [3.63, 3.8) is 0 Å². The Balaban J connectivity index is 2.46. The molecule has 1 rings (SSSR count). The summed E-state index contributed by atoms with van der Waals surface area (Å²) in [5, 5.41) is 8.76. The molecule has 0 aromatic rings. The second kappa shape index (κ2) is 3.90. The molecule has 1 saturated heterocycles. The molecule has 0 aliphatic carbocycles. The molecule has 1 aliphatic rings. The molecule has 1 fully saturated rings. The summed E-state index contributed by atoms with van der Waals surface area (Å²) in [4.78, 5) is 10.6. The van der Waals surface area contributed by atoms with Crippen LogP contribution >= 0.6 is 0 Å². The van der Waals surface area contributed by atoms with Crippen LogP contribution in [0.15, 0.2) is 0 Å². The van der Waals surface area contributed by atoms with E-state index in [-0.39, 0.29) is 5.92 Å². The molecule has 2 unspecified atom stereocenters. The molecule has 0 aromatic heterocycles. The Morgan fingerprint density at radius 3 is 2.67 bits per heavy atom. The lowest BCUT2D eigenvalue weighted by Gasteiger charge is -2.29. The normalized spacial score (nSPS) is 30.6. The highest BCUT2D eigenvalue weighted by Crippen LogP contribution is 2.25. The summed E-state index contributed by atoms with van der Waals surface area (Å²) in [7, 11) is 0. The van der Waals surface area contributed by atoms with Crippen LogP contribution in [0, 0.1) is 17.8 Å². The standard InChI is InChI=1S/C9H16O3/c1-6(2)7-3-8(9(10)11)5-12-4-7/h6-8H,3-5H2,1-2H3,(H,10,11). The predicted molar refractivity (Wildman–Crippen MR) is 44.9 cm³/mol. The summed E-state index contributed by atoms with van der Waals surface area (Å²) in [6.07, 6.45) is 0.771. The lowest BCUT2D eigenvalue weighted by Crippen LogP contribution is -2.33. The fourth-order valence-electron chi connectivity index (χ4n) is 1.50. The number of ether oxygens (including phenoxy) is 1. The van der Waals surface area contributed by atoms with E-state index in [1.807, 2.05) is 0 Å². The van der Waals surface area contributed by atoms with Gasteiger partial charge in [-0.05, 0) is 18.3 Å². The van der Waals surface area contributed by atoms with Crippen molar-refractivity contribution in [2.75, 3.05) is 13.2 Å². The Morgan fingerprint density at radius 1 is 1.50 bits per heavy atom. The number of rotatable bonds is 2. The van der Waals surface area contributed by atoms with Crippen molar-refractivity contribution >= 4 is 5.97 Å².